The zero-order valence-corrected chi connectivity index (χ0v) is 18.2. The van der Waals surface area contributed by atoms with Crippen molar-refractivity contribution in [2.24, 2.45) is 0 Å². The normalized spacial score (nSPS) is 21.1. The lowest BCUT2D eigenvalue weighted by Crippen LogP contribution is -2.41. The van der Waals surface area contributed by atoms with Crippen LogP contribution in [0.1, 0.15) is 75.5 Å². The van der Waals surface area contributed by atoms with Crippen LogP contribution in [-0.2, 0) is 9.59 Å². The molecule has 0 unspecified atom stereocenters. The number of nitrogens with zero attached hydrogens (tertiary/aromatic N) is 1. The lowest BCUT2D eigenvalue weighted by molar-refractivity contribution is -0.139. The maximum Gasteiger partial charge on any atom is 0.268 e. The Bertz CT molecular complexity index is 672. The smallest absolute Gasteiger partial charge is 0.268 e. The Morgan fingerprint density at radius 2 is 1.57 bits per heavy atom. The fourth-order valence-corrected chi connectivity index (χ4v) is 5.87. The molecule has 2 aliphatic rings. The van der Waals surface area contributed by atoms with Gasteiger partial charge in [0.1, 0.15) is 0 Å². The average molecular weight is 422 g/mol. The first-order chi connectivity index (χ1) is 13.7. The predicted octanol–water partition coefficient (Wildman–Crippen LogP) is 5.23. The molecule has 154 valence electrons. The van der Waals surface area contributed by atoms with Crippen molar-refractivity contribution in [3.63, 3.8) is 0 Å². The lowest BCUT2D eigenvalue weighted by Gasteiger charge is -2.27. The van der Waals surface area contributed by atoms with Crippen LogP contribution in [0, 0.1) is 0 Å². The van der Waals surface area contributed by atoms with Crippen LogP contribution < -0.4 is 0 Å². The number of aliphatic hydroxyl groups excluding tert-OH is 1. The van der Waals surface area contributed by atoms with Gasteiger partial charge in [-0.2, -0.15) is 0 Å². The Kier molecular flexibility index (Phi) is 8.62. The zero-order valence-electron chi connectivity index (χ0n) is 16.5. The van der Waals surface area contributed by atoms with E-state index >= 15 is 0 Å². The summed E-state index contributed by atoms with van der Waals surface area (Å²) >= 11 is 2.81. The molecule has 0 radical (unpaired) electrons. The van der Waals surface area contributed by atoms with E-state index in [2.05, 4.69) is 0 Å². The SMILES string of the molecule is O=C1C(SCCO)=C(c2cccs2)C(=O)N1C1CCCCCCCCCCC1. The number of thiophene rings is 1. The summed E-state index contributed by atoms with van der Waals surface area (Å²) < 4.78 is 0. The molecule has 0 aromatic carbocycles. The number of thioether (sulfide) groups is 1. The molecular weight excluding hydrogens is 390 g/mol. The van der Waals surface area contributed by atoms with Gasteiger partial charge in [-0.3, -0.25) is 14.5 Å². The van der Waals surface area contributed by atoms with Crippen molar-refractivity contribution in [3.05, 3.63) is 27.3 Å². The zero-order chi connectivity index (χ0) is 19.8. The molecule has 1 aliphatic carbocycles. The van der Waals surface area contributed by atoms with Crippen LogP contribution in [-0.4, -0.2) is 40.2 Å². The second kappa shape index (κ2) is 11.2. The molecule has 1 aromatic heterocycles. The molecule has 28 heavy (non-hydrogen) atoms. The molecule has 1 fully saturated rings. The first-order valence-corrected chi connectivity index (χ1v) is 12.5. The average Bonchev–Trinajstić information content (AvgIpc) is 3.28. The quantitative estimate of drug-likeness (QED) is 0.662. The lowest BCUT2D eigenvalue weighted by atomic mass is 9.97. The van der Waals surface area contributed by atoms with Crippen LogP contribution in [0.4, 0.5) is 0 Å². The number of hydrogen-bond acceptors (Lipinski definition) is 5. The van der Waals surface area contributed by atoms with Crippen molar-refractivity contribution < 1.29 is 14.7 Å². The van der Waals surface area contributed by atoms with Crippen molar-refractivity contribution in [3.8, 4) is 0 Å². The highest BCUT2D eigenvalue weighted by molar-refractivity contribution is 8.04. The molecule has 1 aromatic rings. The fraction of sp³-hybridized carbons (Fsp3) is 0.636. The van der Waals surface area contributed by atoms with E-state index in [0.717, 1.165) is 30.6 Å². The van der Waals surface area contributed by atoms with Gasteiger partial charge in [0.05, 0.1) is 17.1 Å². The van der Waals surface area contributed by atoms with Gasteiger partial charge in [-0.05, 0) is 24.3 Å². The van der Waals surface area contributed by atoms with Crippen LogP contribution in [0.5, 0.6) is 0 Å². The van der Waals surface area contributed by atoms with Gasteiger partial charge in [-0.15, -0.1) is 23.1 Å². The van der Waals surface area contributed by atoms with Crippen molar-refractivity contribution in [1.82, 2.24) is 4.90 Å². The minimum atomic E-state index is -0.149. The van der Waals surface area contributed by atoms with Gasteiger partial charge in [-0.25, -0.2) is 0 Å². The van der Waals surface area contributed by atoms with Crippen molar-refractivity contribution in [2.45, 2.75) is 76.7 Å². The molecule has 3 rings (SSSR count). The molecule has 4 nitrogen and oxygen atoms in total. The van der Waals surface area contributed by atoms with Gasteiger partial charge in [0.15, 0.2) is 0 Å². The Hall–Kier alpha value is -1.11. The standard InChI is InChI=1S/C22H31NO3S2/c24-14-16-28-20-19(18-13-10-15-27-18)21(25)23(22(20)26)17-11-8-6-4-2-1-3-5-7-9-12-17/h10,13,15,17,24H,1-9,11-12,14,16H2. The number of amides is 2. The molecule has 1 saturated carbocycles. The third-order valence-electron chi connectivity index (χ3n) is 5.62. The summed E-state index contributed by atoms with van der Waals surface area (Å²) in [5.74, 6) is 0.149. The Labute approximate surface area is 176 Å². The van der Waals surface area contributed by atoms with E-state index in [1.807, 2.05) is 17.5 Å². The van der Waals surface area contributed by atoms with E-state index in [-0.39, 0.29) is 24.5 Å². The van der Waals surface area contributed by atoms with Gasteiger partial charge < -0.3 is 5.11 Å². The highest BCUT2D eigenvalue weighted by Crippen LogP contribution is 2.39. The van der Waals surface area contributed by atoms with Crippen LogP contribution in [0.3, 0.4) is 0 Å². The second-order valence-corrected chi connectivity index (χ2v) is 9.70. The maximum atomic E-state index is 13.3. The molecule has 0 atom stereocenters. The highest BCUT2D eigenvalue weighted by Gasteiger charge is 2.42. The minimum Gasteiger partial charge on any atom is -0.396 e. The Morgan fingerprint density at radius 1 is 0.964 bits per heavy atom. The monoisotopic (exact) mass is 421 g/mol. The second-order valence-electron chi connectivity index (χ2n) is 7.65. The third-order valence-corrected chi connectivity index (χ3v) is 7.56. The first-order valence-electron chi connectivity index (χ1n) is 10.6. The molecule has 0 spiro atoms. The van der Waals surface area contributed by atoms with Gasteiger partial charge in [0.25, 0.3) is 11.8 Å². The van der Waals surface area contributed by atoms with E-state index in [0.29, 0.717) is 16.2 Å². The molecule has 1 aliphatic heterocycles. The van der Waals surface area contributed by atoms with Gasteiger partial charge in [0.2, 0.25) is 0 Å². The Morgan fingerprint density at radius 3 is 2.11 bits per heavy atom. The molecule has 0 bridgehead atoms. The number of rotatable bonds is 5. The van der Waals surface area contributed by atoms with Crippen molar-refractivity contribution in [2.75, 3.05) is 12.4 Å². The van der Waals surface area contributed by atoms with E-state index in [1.165, 1.54) is 68.0 Å². The number of aliphatic hydroxyl groups is 1. The van der Waals surface area contributed by atoms with Crippen molar-refractivity contribution in [1.29, 1.82) is 0 Å². The minimum absolute atomic E-state index is 0.00150. The summed E-state index contributed by atoms with van der Waals surface area (Å²) in [7, 11) is 0. The maximum absolute atomic E-state index is 13.3. The van der Waals surface area contributed by atoms with E-state index in [4.69, 9.17) is 0 Å². The van der Waals surface area contributed by atoms with Crippen LogP contribution in [0.2, 0.25) is 0 Å². The van der Waals surface area contributed by atoms with Crippen LogP contribution in [0.15, 0.2) is 22.4 Å². The van der Waals surface area contributed by atoms with Gasteiger partial charge in [0, 0.05) is 16.7 Å². The first kappa shape index (κ1) is 21.6. The fourth-order valence-electron chi connectivity index (χ4n) is 4.18. The highest BCUT2D eigenvalue weighted by atomic mass is 32.2. The van der Waals surface area contributed by atoms with E-state index < -0.39 is 0 Å². The van der Waals surface area contributed by atoms with E-state index in [9.17, 15) is 14.7 Å². The molecule has 2 amide bonds. The molecule has 0 saturated heterocycles. The third kappa shape index (κ3) is 5.28. The number of carbonyl (C=O) groups is 2. The summed E-state index contributed by atoms with van der Waals surface area (Å²) in [4.78, 5) is 29.5. The largest absolute Gasteiger partial charge is 0.396 e. The van der Waals surface area contributed by atoms with Crippen LogP contribution >= 0.6 is 23.1 Å². The van der Waals surface area contributed by atoms with Crippen molar-refractivity contribution >= 4 is 40.5 Å². The van der Waals surface area contributed by atoms with Crippen LogP contribution in [0.25, 0.3) is 5.57 Å². The Balaban J connectivity index is 1.80. The summed E-state index contributed by atoms with van der Waals surface area (Å²) in [6, 6.07) is 3.83. The van der Waals surface area contributed by atoms with Gasteiger partial charge in [-0.1, -0.05) is 63.9 Å². The number of imide groups is 1. The number of hydrogen-bond donors (Lipinski definition) is 1. The predicted molar refractivity (Wildman–Crippen MR) is 117 cm³/mol. The molecular formula is C22H31NO3S2. The topological polar surface area (TPSA) is 57.6 Å². The summed E-state index contributed by atoms with van der Waals surface area (Å²) in [5, 5.41) is 11.2. The van der Waals surface area contributed by atoms with Gasteiger partial charge >= 0.3 is 0 Å². The summed E-state index contributed by atoms with van der Waals surface area (Å²) in [6.45, 7) is -0.00319. The molecule has 2 heterocycles. The summed E-state index contributed by atoms with van der Waals surface area (Å²) in [5.41, 5.74) is 0.546. The summed E-state index contributed by atoms with van der Waals surface area (Å²) in [6.07, 6.45) is 12.8. The number of carbonyl (C=O) groups excluding carboxylic acids is 2. The molecule has 1 N–H and O–H groups in total. The molecule has 6 heteroatoms. The van der Waals surface area contributed by atoms with E-state index in [1.54, 1.807) is 4.90 Å².